The number of piperidine rings is 1. The highest BCUT2D eigenvalue weighted by Crippen LogP contribution is 2.38. The normalized spacial score (nSPS) is 26.3. The Kier molecular flexibility index (Phi) is 4.32. The van der Waals surface area contributed by atoms with Gasteiger partial charge >= 0.3 is 6.09 Å². The SMILES string of the molecule is CN(C(=O)c1cc[nH]c1)C1C[C@H]2CC[C@@H](C1)N2C(=O)OC(C)(C)C. The Balaban J connectivity index is 1.67. The molecule has 132 valence electrons. The molecule has 2 amide bonds. The van der Waals surface area contributed by atoms with Gasteiger partial charge in [0.1, 0.15) is 5.60 Å². The summed E-state index contributed by atoms with van der Waals surface area (Å²) in [4.78, 5) is 31.7. The maximum absolute atomic E-state index is 12.5. The molecule has 6 nitrogen and oxygen atoms in total. The lowest BCUT2D eigenvalue weighted by Gasteiger charge is -2.42. The topological polar surface area (TPSA) is 65.6 Å². The summed E-state index contributed by atoms with van der Waals surface area (Å²) in [6.45, 7) is 5.68. The van der Waals surface area contributed by atoms with E-state index < -0.39 is 5.60 Å². The molecule has 6 heteroatoms. The molecule has 1 aromatic heterocycles. The Labute approximate surface area is 143 Å². The second-order valence-electron chi connectivity index (χ2n) is 7.91. The second-order valence-corrected chi connectivity index (χ2v) is 7.91. The molecule has 0 aliphatic carbocycles. The first-order valence-electron chi connectivity index (χ1n) is 8.67. The minimum Gasteiger partial charge on any atom is -0.444 e. The molecule has 1 aromatic rings. The van der Waals surface area contributed by atoms with Gasteiger partial charge in [0, 0.05) is 37.6 Å². The van der Waals surface area contributed by atoms with E-state index in [0.717, 1.165) is 25.7 Å². The smallest absolute Gasteiger partial charge is 0.410 e. The number of carbonyl (C=O) groups excluding carboxylic acids is 2. The number of ether oxygens (including phenoxy) is 1. The highest BCUT2D eigenvalue weighted by Gasteiger charge is 2.46. The van der Waals surface area contributed by atoms with Crippen molar-refractivity contribution in [3.8, 4) is 0 Å². The first kappa shape index (κ1) is 16.9. The van der Waals surface area contributed by atoms with Crippen LogP contribution in [-0.4, -0.2) is 57.6 Å². The summed E-state index contributed by atoms with van der Waals surface area (Å²) in [7, 11) is 1.86. The number of hydrogen-bond donors (Lipinski definition) is 1. The minimum absolute atomic E-state index is 0.0337. The lowest BCUT2D eigenvalue weighted by molar-refractivity contribution is -0.00111. The fourth-order valence-electron chi connectivity index (χ4n) is 3.90. The molecule has 2 bridgehead atoms. The van der Waals surface area contributed by atoms with Crippen molar-refractivity contribution in [1.29, 1.82) is 0 Å². The maximum Gasteiger partial charge on any atom is 0.410 e. The van der Waals surface area contributed by atoms with Gasteiger partial charge in [-0.3, -0.25) is 4.79 Å². The van der Waals surface area contributed by atoms with Crippen LogP contribution in [-0.2, 0) is 4.74 Å². The highest BCUT2D eigenvalue weighted by atomic mass is 16.6. The zero-order valence-corrected chi connectivity index (χ0v) is 14.9. The van der Waals surface area contributed by atoms with E-state index >= 15 is 0 Å². The molecule has 0 saturated carbocycles. The van der Waals surface area contributed by atoms with Gasteiger partial charge in [-0.05, 0) is 52.5 Å². The number of rotatable bonds is 2. The molecule has 3 atom stereocenters. The lowest BCUT2D eigenvalue weighted by Crippen LogP contribution is -2.53. The Hall–Kier alpha value is -1.98. The van der Waals surface area contributed by atoms with Crippen molar-refractivity contribution in [3.63, 3.8) is 0 Å². The van der Waals surface area contributed by atoms with Gasteiger partial charge in [-0.2, -0.15) is 0 Å². The van der Waals surface area contributed by atoms with Crippen LogP contribution in [0.2, 0.25) is 0 Å². The number of H-pyrrole nitrogens is 1. The van der Waals surface area contributed by atoms with E-state index in [9.17, 15) is 9.59 Å². The molecule has 2 aliphatic rings. The summed E-state index contributed by atoms with van der Waals surface area (Å²) in [6, 6.07) is 2.31. The lowest BCUT2D eigenvalue weighted by atomic mass is 9.96. The third-order valence-corrected chi connectivity index (χ3v) is 5.03. The Morgan fingerprint density at radius 1 is 1.25 bits per heavy atom. The molecule has 3 rings (SSSR count). The largest absolute Gasteiger partial charge is 0.444 e. The van der Waals surface area contributed by atoms with Gasteiger partial charge in [0.05, 0.1) is 5.56 Å². The van der Waals surface area contributed by atoms with Crippen LogP contribution < -0.4 is 0 Å². The maximum atomic E-state index is 12.5. The molecule has 0 spiro atoms. The number of aromatic amines is 1. The monoisotopic (exact) mass is 333 g/mol. The number of nitrogens with zero attached hydrogens (tertiary/aromatic N) is 2. The molecule has 2 aliphatic heterocycles. The molecule has 1 N–H and O–H groups in total. The summed E-state index contributed by atoms with van der Waals surface area (Å²) in [5.74, 6) is 0.0337. The van der Waals surface area contributed by atoms with Crippen LogP contribution in [0.4, 0.5) is 4.79 Å². The third kappa shape index (κ3) is 3.28. The van der Waals surface area contributed by atoms with Crippen molar-refractivity contribution in [2.45, 2.75) is 70.2 Å². The Morgan fingerprint density at radius 3 is 2.38 bits per heavy atom. The van der Waals surface area contributed by atoms with E-state index in [1.807, 2.05) is 37.6 Å². The Morgan fingerprint density at radius 2 is 1.88 bits per heavy atom. The van der Waals surface area contributed by atoms with Crippen LogP contribution in [0.15, 0.2) is 18.5 Å². The van der Waals surface area contributed by atoms with E-state index in [4.69, 9.17) is 4.74 Å². The molecule has 1 unspecified atom stereocenters. The molecule has 24 heavy (non-hydrogen) atoms. The highest BCUT2D eigenvalue weighted by molar-refractivity contribution is 5.94. The van der Waals surface area contributed by atoms with E-state index in [1.54, 1.807) is 18.5 Å². The van der Waals surface area contributed by atoms with Crippen molar-refractivity contribution in [1.82, 2.24) is 14.8 Å². The molecule has 0 radical (unpaired) electrons. The number of nitrogens with one attached hydrogen (secondary N) is 1. The van der Waals surface area contributed by atoms with Crippen molar-refractivity contribution in [2.75, 3.05) is 7.05 Å². The summed E-state index contributed by atoms with van der Waals surface area (Å²) >= 11 is 0. The molecule has 2 fully saturated rings. The number of carbonyl (C=O) groups is 2. The van der Waals surface area contributed by atoms with Crippen molar-refractivity contribution in [3.05, 3.63) is 24.0 Å². The van der Waals surface area contributed by atoms with Crippen LogP contribution in [0.3, 0.4) is 0 Å². The summed E-state index contributed by atoms with van der Waals surface area (Å²) in [5.41, 5.74) is 0.202. The average molecular weight is 333 g/mol. The van der Waals surface area contributed by atoms with Crippen LogP contribution in [0.25, 0.3) is 0 Å². The zero-order valence-electron chi connectivity index (χ0n) is 14.9. The molecule has 3 heterocycles. The number of hydrogen-bond acceptors (Lipinski definition) is 3. The van der Waals surface area contributed by atoms with Gasteiger partial charge in [-0.25, -0.2) is 4.79 Å². The summed E-state index contributed by atoms with van der Waals surface area (Å²) < 4.78 is 5.56. The minimum atomic E-state index is -0.478. The predicted octanol–water partition coefficient (Wildman–Crippen LogP) is 3.02. The third-order valence-electron chi connectivity index (χ3n) is 5.03. The fourth-order valence-corrected chi connectivity index (χ4v) is 3.90. The summed E-state index contributed by atoms with van der Waals surface area (Å²) in [6.07, 6.45) is 6.90. The van der Waals surface area contributed by atoms with Gasteiger partial charge in [-0.15, -0.1) is 0 Å². The first-order chi connectivity index (χ1) is 11.3. The molecule has 2 saturated heterocycles. The molecular weight excluding hydrogens is 306 g/mol. The zero-order chi connectivity index (χ0) is 17.5. The van der Waals surface area contributed by atoms with Gasteiger partial charge in [-0.1, -0.05) is 0 Å². The number of fused-ring (bicyclic) bond motifs is 2. The van der Waals surface area contributed by atoms with Crippen LogP contribution in [0, 0.1) is 0 Å². The van der Waals surface area contributed by atoms with E-state index in [0.29, 0.717) is 5.56 Å². The second kappa shape index (κ2) is 6.15. The van der Waals surface area contributed by atoms with Crippen molar-refractivity contribution < 1.29 is 14.3 Å². The van der Waals surface area contributed by atoms with E-state index in [1.165, 1.54) is 0 Å². The van der Waals surface area contributed by atoms with Gasteiger partial charge in [0.2, 0.25) is 0 Å². The van der Waals surface area contributed by atoms with Crippen molar-refractivity contribution >= 4 is 12.0 Å². The molecular formula is C18H27N3O3. The van der Waals surface area contributed by atoms with Crippen LogP contribution in [0.5, 0.6) is 0 Å². The van der Waals surface area contributed by atoms with Crippen molar-refractivity contribution in [2.24, 2.45) is 0 Å². The number of amides is 2. The average Bonchev–Trinajstić information content (AvgIpc) is 3.10. The van der Waals surface area contributed by atoms with Gasteiger partial charge < -0.3 is 19.5 Å². The van der Waals surface area contributed by atoms with E-state index in [2.05, 4.69) is 4.98 Å². The van der Waals surface area contributed by atoms with Gasteiger partial charge in [0.25, 0.3) is 5.91 Å². The van der Waals surface area contributed by atoms with Crippen LogP contribution >= 0.6 is 0 Å². The number of aromatic nitrogens is 1. The van der Waals surface area contributed by atoms with E-state index in [-0.39, 0.29) is 30.1 Å². The quantitative estimate of drug-likeness (QED) is 0.905. The fraction of sp³-hybridized carbons (Fsp3) is 0.667. The summed E-state index contributed by atoms with van der Waals surface area (Å²) in [5, 5.41) is 0. The molecule has 0 aromatic carbocycles. The van der Waals surface area contributed by atoms with Gasteiger partial charge in [0.15, 0.2) is 0 Å². The standard InChI is InChI=1S/C18H27N3O3/c1-18(2,3)24-17(23)21-13-5-6-14(21)10-15(9-13)20(4)16(22)12-7-8-19-11-12/h7-8,11,13-15,19H,5-6,9-10H2,1-4H3/t13-,14+,15?. The first-order valence-corrected chi connectivity index (χ1v) is 8.67. The van der Waals surface area contributed by atoms with Crippen LogP contribution in [0.1, 0.15) is 56.8 Å². The Bertz CT molecular complexity index is 592. The predicted molar refractivity (Wildman–Crippen MR) is 90.8 cm³/mol.